The van der Waals surface area contributed by atoms with Gasteiger partial charge in [0.1, 0.15) is 18.0 Å². The van der Waals surface area contributed by atoms with Crippen LogP contribution in [0.4, 0.5) is 4.79 Å². The Labute approximate surface area is 165 Å². The van der Waals surface area contributed by atoms with Crippen molar-refractivity contribution in [3.05, 3.63) is 35.5 Å². The lowest BCUT2D eigenvalue weighted by molar-refractivity contribution is 0.0137. The summed E-state index contributed by atoms with van der Waals surface area (Å²) in [4.78, 5) is 20.5. The standard InChI is InChI=1S/C20H26ClN3O3/c1-20(2,3)27-19(25)24-10-8-23(9-11-24)12-13-26-15-4-5-16-17(21)6-7-22-18(16)14-15/h4-7,14H,8-13H2,1-3H3. The van der Waals surface area contributed by atoms with Gasteiger partial charge in [0.15, 0.2) is 0 Å². The molecule has 0 N–H and O–H groups in total. The number of piperazine rings is 1. The number of hydrogen-bond acceptors (Lipinski definition) is 5. The molecule has 1 amide bonds. The van der Waals surface area contributed by atoms with Gasteiger partial charge in [-0.15, -0.1) is 0 Å². The summed E-state index contributed by atoms with van der Waals surface area (Å²) >= 11 is 6.16. The molecule has 6 nitrogen and oxygen atoms in total. The van der Waals surface area contributed by atoms with Crippen molar-refractivity contribution in [2.24, 2.45) is 0 Å². The van der Waals surface area contributed by atoms with Gasteiger partial charge in [-0.2, -0.15) is 0 Å². The predicted octanol–water partition coefficient (Wildman–Crippen LogP) is 3.82. The Hall–Kier alpha value is -2.05. The number of pyridine rings is 1. The summed E-state index contributed by atoms with van der Waals surface area (Å²) in [6, 6.07) is 7.53. The van der Waals surface area contributed by atoms with Crippen LogP contribution in [0.5, 0.6) is 5.75 Å². The molecule has 0 unspecified atom stereocenters. The van der Waals surface area contributed by atoms with Crippen LogP contribution in [0, 0.1) is 0 Å². The first kappa shape index (κ1) is 19.7. The number of amides is 1. The van der Waals surface area contributed by atoms with E-state index in [2.05, 4.69) is 9.88 Å². The summed E-state index contributed by atoms with van der Waals surface area (Å²) in [6.45, 7) is 10.0. The molecule has 1 saturated heterocycles. The summed E-state index contributed by atoms with van der Waals surface area (Å²) < 4.78 is 11.3. The van der Waals surface area contributed by atoms with Crippen LogP contribution in [0.25, 0.3) is 10.9 Å². The maximum Gasteiger partial charge on any atom is 0.410 e. The number of fused-ring (bicyclic) bond motifs is 1. The molecule has 0 atom stereocenters. The van der Waals surface area contributed by atoms with Crippen molar-refractivity contribution >= 4 is 28.6 Å². The summed E-state index contributed by atoms with van der Waals surface area (Å²) in [6.07, 6.45) is 1.46. The van der Waals surface area contributed by atoms with Crippen molar-refractivity contribution < 1.29 is 14.3 Å². The number of carbonyl (C=O) groups excluding carboxylic acids is 1. The van der Waals surface area contributed by atoms with E-state index in [-0.39, 0.29) is 6.09 Å². The van der Waals surface area contributed by atoms with Crippen LogP contribution in [0.2, 0.25) is 5.02 Å². The molecule has 1 aliphatic heterocycles. The van der Waals surface area contributed by atoms with Crippen molar-refractivity contribution in [1.82, 2.24) is 14.8 Å². The van der Waals surface area contributed by atoms with Crippen LogP contribution >= 0.6 is 11.6 Å². The van der Waals surface area contributed by atoms with Crippen molar-refractivity contribution in [2.75, 3.05) is 39.3 Å². The van der Waals surface area contributed by atoms with Gasteiger partial charge in [-0.3, -0.25) is 9.88 Å². The number of rotatable bonds is 4. The normalized spacial score (nSPS) is 15.8. The minimum atomic E-state index is -0.457. The number of nitrogens with zero attached hydrogens (tertiary/aromatic N) is 3. The lowest BCUT2D eigenvalue weighted by Crippen LogP contribution is -2.50. The molecule has 1 aromatic carbocycles. The number of ether oxygens (including phenoxy) is 2. The average molecular weight is 392 g/mol. The maximum atomic E-state index is 12.1. The Morgan fingerprint density at radius 1 is 1.19 bits per heavy atom. The number of benzene rings is 1. The zero-order valence-electron chi connectivity index (χ0n) is 16.1. The summed E-state index contributed by atoms with van der Waals surface area (Å²) in [5, 5.41) is 1.61. The van der Waals surface area contributed by atoms with E-state index in [4.69, 9.17) is 21.1 Å². The minimum absolute atomic E-state index is 0.235. The molecule has 1 aliphatic rings. The molecule has 27 heavy (non-hydrogen) atoms. The number of hydrogen-bond donors (Lipinski definition) is 0. The third-order valence-corrected chi connectivity index (χ3v) is 4.69. The quantitative estimate of drug-likeness (QED) is 0.793. The highest BCUT2D eigenvalue weighted by molar-refractivity contribution is 6.35. The van der Waals surface area contributed by atoms with E-state index in [0.29, 0.717) is 24.7 Å². The number of aromatic nitrogens is 1. The van der Waals surface area contributed by atoms with Crippen LogP contribution in [0.15, 0.2) is 30.5 Å². The van der Waals surface area contributed by atoms with E-state index >= 15 is 0 Å². The van der Waals surface area contributed by atoms with Crippen molar-refractivity contribution in [1.29, 1.82) is 0 Å². The van der Waals surface area contributed by atoms with Crippen molar-refractivity contribution in [3.63, 3.8) is 0 Å². The fourth-order valence-electron chi connectivity index (χ4n) is 2.96. The Kier molecular flexibility index (Phi) is 6.07. The lowest BCUT2D eigenvalue weighted by atomic mass is 10.2. The molecule has 7 heteroatoms. The SMILES string of the molecule is CC(C)(C)OC(=O)N1CCN(CCOc2ccc3c(Cl)ccnc3c2)CC1. The predicted molar refractivity (Wildman–Crippen MR) is 106 cm³/mol. The first-order valence-electron chi connectivity index (χ1n) is 9.19. The molecule has 3 rings (SSSR count). The van der Waals surface area contributed by atoms with Gasteiger partial charge >= 0.3 is 6.09 Å². The highest BCUT2D eigenvalue weighted by Crippen LogP contribution is 2.25. The second kappa shape index (κ2) is 8.31. The molecule has 0 aliphatic carbocycles. The topological polar surface area (TPSA) is 54.9 Å². The molecule has 1 aromatic heterocycles. The Morgan fingerprint density at radius 3 is 2.63 bits per heavy atom. The molecule has 0 saturated carbocycles. The van der Waals surface area contributed by atoms with E-state index in [1.54, 1.807) is 17.2 Å². The van der Waals surface area contributed by atoms with Gasteiger partial charge < -0.3 is 14.4 Å². The maximum absolute atomic E-state index is 12.1. The molecule has 2 aromatic rings. The largest absolute Gasteiger partial charge is 0.492 e. The van der Waals surface area contributed by atoms with Gasteiger partial charge in [0.25, 0.3) is 0 Å². The van der Waals surface area contributed by atoms with E-state index < -0.39 is 5.60 Å². The highest BCUT2D eigenvalue weighted by atomic mass is 35.5. The summed E-state index contributed by atoms with van der Waals surface area (Å²) in [5.41, 5.74) is 0.368. The molecular formula is C20H26ClN3O3. The van der Waals surface area contributed by atoms with Crippen molar-refractivity contribution in [3.8, 4) is 5.75 Å². The van der Waals surface area contributed by atoms with Gasteiger partial charge in [0.2, 0.25) is 0 Å². The number of halogens is 1. The molecule has 0 spiro atoms. The number of carbonyl (C=O) groups is 1. The third kappa shape index (κ3) is 5.47. The second-order valence-corrected chi connectivity index (χ2v) is 8.04. The molecular weight excluding hydrogens is 366 g/mol. The van der Waals surface area contributed by atoms with Crippen LogP contribution in [0.1, 0.15) is 20.8 Å². The van der Waals surface area contributed by atoms with Crippen LogP contribution in [-0.4, -0.2) is 65.8 Å². The van der Waals surface area contributed by atoms with E-state index in [1.807, 2.05) is 39.0 Å². The third-order valence-electron chi connectivity index (χ3n) is 4.36. The first-order valence-corrected chi connectivity index (χ1v) is 9.57. The average Bonchev–Trinajstić information content (AvgIpc) is 2.61. The molecule has 2 heterocycles. The Morgan fingerprint density at radius 2 is 1.93 bits per heavy atom. The molecule has 0 radical (unpaired) electrons. The first-order chi connectivity index (χ1) is 12.8. The van der Waals surface area contributed by atoms with Crippen LogP contribution < -0.4 is 4.74 Å². The lowest BCUT2D eigenvalue weighted by Gasteiger charge is -2.35. The van der Waals surface area contributed by atoms with Crippen LogP contribution in [-0.2, 0) is 4.74 Å². The minimum Gasteiger partial charge on any atom is -0.492 e. The van der Waals surface area contributed by atoms with Gasteiger partial charge in [0, 0.05) is 50.4 Å². The second-order valence-electron chi connectivity index (χ2n) is 7.63. The van der Waals surface area contributed by atoms with E-state index in [1.165, 1.54) is 0 Å². The zero-order valence-corrected chi connectivity index (χ0v) is 16.8. The summed E-state index contributed by atoms with van der Waals surface area (Å²) in [5.74, 6) is 0.782. The Balaban J connectivity index is 1.44. The molecule has 0 bridgehead atoms. The fraction of sp³-hybridized carbons (Fsp3) is 0.500. The van der Waals surface area contributed by atoms with Gasteiger partial charge in [-0.25, -0.2) is 4.79 Å². The van der Waals surface area contributed by atoms with E-state index in [9.17, 15) is 4.79 Å². The molecule has 146 valence electrons. The molecule has 1 fully saturated rings. The van der Waals surface area contributed by atoms with Gasteiger partial charge in [0.05, 0.1) is 10.5 Å². The smallest absolute Gasteiger partial charge is 0.410 e. The highest BCUT2D eigenvalue weighted by Gasteiger charge is 2.25. The van der Waals surface area contributed by atoms with Crippen LogP contribution in [0.3, 0.4) is 0 Å². The van der Waals surface area contributed by atoms with Gasteiger partial charge in [-0.05, 0) is 39.0 Å². The fourth-order valence-corrected chi connectivity index (χ4v) is 3.17. The monoisotopic (exact) mass is 391 g/mol. The Bertz CT molecular complexity index is 799. The zero-order chi connectivity index (χ0) is 19.4. The van der Waals surface area contributed by atoms with Crippen molar-refractivity contribution in [2.45, 2.75) is 26.4 Å². The summed E-state index contributed by atoms with van der Waals surface area (Å²) in [7, 11) is 0. The van der Waals surface area contributed by atoms with E-state index in [0.717, 1.165) is 36.3 Å². The van der Waals surface area contributed by atoms with Gasteiger partial charge in [-0.1, -0.05) is 11.6 Å².